The van der Waals surface area contributed by atoms with Gasteiger partial charge in [-0.1, -0.05) is 40.0 Å². The maximum Gasteiger partial charge on any atom is 0.224 e. The monoisotopic (exact) mass is 277 g/mol. The van der Waals surface area contributed by atoms with Crippen molar-refractivity contribution in [1.82, 2.24) is 0 Å². The van der Waals surface area contributed by atoms with E-state index < -0.39 is 0 Å². The molecule has 0 spiro atoms. The molecule has 0 radical (unpaired) electrons. The van der Waals surface area contributed by atoms with E-state index in [0.717, 1.165) is 24.5 Å². The Kier molecular flexibility index (Phi) is 7.78. The number of hydrogen-bond acceptors (Lipinski definition) is 2. The summed E-state index contributed by atoms with van der Waals surface area (Å²) in [5, 5.41) is 2.89. The van der Waals surface area contributed by atoms with Gasteiger partial charge in [-0.05, 0) is 36.6 Å². The zero-order chi connectivity index (χ0) is 14.8. The van der Waals surface area contributed by atoms with E-state index >= 15 is 0 Å². The summed E-state index contributed by atoms with van der Waals surface area (Å²) in [6, 6.07) is 7.59. The fourth-order valence-corrected chi connectivity index (χ4v) is 1.94. The van der Waals surface area contributed by atoms with Crippen LogP contribution in [0.3, 0.4) is 0 Å². The molecule has 1 aromatic rings. The highest BCUT2D eigenvalue weighted by Gasteiger charge is 2.05. The molecule has 0 aliphatic carbocycles. The molecule has 1 amide bonds. The summed E-state index contributed by atoms with van der Waals surface area (Å²) >= 11 is 0. The number of unbranched alkanes of at least 4 members (excludes halogenated alkanes) is 3. The number of nitrogens with one attached hydrogen (secondary N) is 1. The summed E-state index contributed by atoms with van der Waals surface area (Å²) < 4.78 is 5.66. The zero-order valence-electron chi connectivity index (χ0n) is 12.9. The third-order valence-corrected chi connectivity index (χ3v) is 3.00. The van der Waals surface area contributed by atoms with Crippen molar-refractivity contribution in [2.45, 2.75) is 52.9 Å². The Labute approximate surface area is 122 Å². The lowest BCUT2D eigenvalue weighted by Crippen LogP contribution is -2.13. The van der Waals surface area contributed by atoms with Gasteiger partial charge in [0.05, 0.1) is 6.61 Å². The van der Waals surface area contributed by atoms with Crippen LogP contribution < -0.4 is 10.1 Å². The van der Waals surface area contributed by atoms with Crippen LogP contribution in [0.1, 0.15) is 52.9 Å². The molecule has 0 saturated heterocycles. The van der Waals surface area contributed by atoms with Crippen molar-refractivity contribution in [2.24, 2.45) is 5.92 Å². The number of ether oxygens (including phenoxy) is 1. The van der Waals surface area contributed by atoms with Gasteiger partial charge in [-0.15, -0.1) is 0 Å². The quantitative estimate of drug-likeness (QED) is 0.668. The molecule has 0 saturated carbocycles. The van der Waals surface area contributed by atoms with Crippen molar-refractivity contribution in [3.63, 3.8) is 0 Å². The van der Waals surface area contributed by atoms with Crippen LogP contribution in [-0.2, 0) is 4.79 Å². The van der Waals surface area contributed by atoms with Crippen molar-refractivity contribution < 1.29 is 9.53 Å². The molecule has 3 heteroatoms. The molecule has 1 rings (SSSR count). The van der Waals surface area contributed by atoms with Gasteiger partial charge in [0.15, 0.2) is 0 Å². The number of carbonyl (C=O) groups is 1. The van der Waals surface area contributed by atoms with Crippen molar-refractivity contribution in [3.8, 4) is 5.75 Å². The Morgan fingerprint density at radius 1 is 1.15 bits per heavy atom. The maximum absolute atomic E-state index is 11.6. The highest BCUT2D eigenvalue weighted by molar-refractivity contribution is 5.90. The molecule has 20 heavy (non-hydrogen) atoms. The molecule has 0 fully saturated rings. The van der Waals surface area contributed by atoms with Crippen LogP contribution in [0, 0.1) is 5.92 Å². The van der Waals surface area contributed by atoms with Crippen molar-refractivity contribution in [2.75, 3.05) is 11.9 Å². The number of anilines is 1. The second-order valence-corrected chi connectivity index (χ2v) is 5.58. The Morgan fingerprint density at radius 2 is 1.85 bits per heavy atom. The van der Waals surface area contributed by atoms with E-state index in [1.54, 1.807) is 0 Å². The third-order valence-electron chi connectivity index (χ3n) is 3.00. The molecular weight excluding hydrogens is 250 g/mol. The van der Waals surface area contributed by atoms with E-state index in [1.165, 1.54) is 19.3 Å². The average molecular weight is 277 g/mol. The van der Waals surface area contributed by atoms with Gasteiger partial charge in [-0.3, -0.25) is 4.79 Å². The lowest BCUT2D eigenvalue weighted by molar-refractivity contribution is -0.116. The summed E-state index contributed by atoms with van der Waals surface area (Å²) in [6.07, 6.45) is 5.38. The Bertz CT molecular complexity index is 384. The maximum atomic E-state index is 11.6. The van der Waals surface area contributed by atoms with Crippen LogP contribution in [0.4, 0.5) is 5.69 Å². The lowest BCUT2D eigenvalue weighted by Gasteiger charge is -2.09. The molecule has 3 nitrogen and oxygen atoms in total. The molecule has 0 unspecified atom stereocenters. The first-order valence-corrected chi connectivity index (χ1v) is 7.64. The second kappa shape index (κ2) is 9.40. The minimum Gasteiger partial charge on any atom is -0.494 e. The third kappa shape index (κ3) is 7.17. The number of amides is 1. The van der Waals surface area contributed by atoms with Gasteiger partial charge in [-0.25, -0.2) is 0 Å². The summed E-state index contributed by atoms with van der Waals surface area (Å²) in [4.78, 5) is 11.6. The number of carbonyl (C=O) groups excluding carboxylic acids is 1. The lowest BCUT2D eigenvalue weighted by atomic mass is 10.1. The highest BCUT2D eigenvalue weighted by atomic mass is 16.5. The Balaban J connectivity index is 2.31. The summed E-state index contributed by atoms with van der Waals surface area (Å²) in [7, 11) is 0. The smallest absolute Gasteiger partial charge is 0.224 e. The minimum absolute atomic E-state index is 0.0632. The van der Waals surface area contributed by atoms with Gasteiger partial charge in [-0.2, -0.15) is 0 Å². The van der Waals surface area contributed by atoms with Crippen LogP contribution in [0.5, 0.6) is 5.75 Å². The molecule has 1 N–H and O–H groups in total. The summed E-state index contributed by atoms with van der Waals surface area (Å²) in [6.45, 7) is 7.04. The summed E-state index contributed by atoms with van der Waals surface area (Å²) in [5.41, 5.74) is 0.828. The molecular formula is C17H27NO2. The van der Waals surface area contributed by atoms with E-state index in [2.05, 4.69) is 12.2 Å². The predicted molar refractivity (Wildman–Crippen MR) is 84.2 cm³/mol. The van der Waals surface area contributed by atoms with Crippen molar-refractivity contribution >= 4 is 11.6 Å². The molecule has 0 aromatic heterocycles. The first kappa shape index (κ1) is 16.5. The molecule has 112 valence electrons. The molecule has 0 aliphatic heterocycles. The molecule has 0 aliphatic rings. The Hall–Kier alpha value is -1.51. The topological polar surface area (TPSA) is 38.3 Å². The zero-order valence-corrected chi connectivity index (χ0v) is 12.9. The first-order chi connectivity index (χ1) is 9.61. The second-order valence-electron chi connectivity index (χ2n) is 5.58. The van der Waals surface area contributed by atoms with E-state index in [1.807, 2.05) is 38.1 Å². The standard InChI is InChI=1S/C17H27NO2/c1-4-5-6-7-12-20-16-10-8-15(9-11-16)18-17(19)13-14(2)3/h8-11,14H,4-7,12-13H2,1-3H3,(H,18,19). The normalized spacial score (nSPS) is 10.6. The van der Waals surface area contributed by atoms with Gasteiger partial charge < -0.3 is 10.1 Å². The van der Waals surface area contributed by atoms with Crippen LogP contribution in [0.2, 0.25) is 0 Å². The van der Waals surface area contributed by atoms with E-state index in [-0.39, 0.29) is 5.91 Å². The average Bonchev–Trinajstić information content (AvgIpc) is 2.39. The number of rotatable bonds is 9. The molecule has 0 bridgehead atoms. The molecule has 1 aromatic carbocycles. The first-order valence-electron chi connectivity index (χ1n) is 7.64. The highest BCUT2D eigenvalue weighted by Crippen LogP contribution is 2.17. The molecule has 0 atom stereocenters. The number of benzene rings is 1. The number of hydrogen-bond donors (Lipinski definition) is 1. The summed E-state index contributed by atoms with van der Waals surface area (Å²) in [5.74, 6) is 1.30. The van der Waals surface area contributed by atoms with Gasteiger partial charge in [0, 0.05) is 12.1 Å². The fraction of sp³-hybridized carbons (Fsp3) is 0.588. The van der Waals surface area contributed by atoms with E-state index in [9.17, 15) is 4.79 Å². The molecule has 0 heterocycles. The predicted octanol–water partition coefficient (Wildman–Crippen LogP) is 4.63. The SMILES string of the molecule is CCCCCCOc1ccc(NC(=O)CC(C)C)cc1. The van der Waals surface area contributed by atoms with Gasteiger partial charge in [0.25, 0.3) is 0 Å². The van der Waals surface area contributed by atoms with Crippen LogP contribution >= 0.6 is 0 Å². The van der Waals surface area contributed by atoms with Crippen LogP contribution in [-0.4, -0.2) is 12.5 Å². The van der Waals surface area contributed by atoms with E-state index in [4.69, 9.17) is 4.74 Å². The van der Waals surface area contributed by atoms with Crippen molar-refractivity contribution in [1.29, 1.82) is 0 Å². The Morgan fingerprint density at radius 3 is 2.45 bits per heavy atom. The largest absolute Gasteiger partial charge is 0.494 e. The van der Waals surface area contributed by atoms with Crippen molar-refractivity contribution in [3.05, 3.63) is 24.3 Å². The van der Waals surface area contributed by atoms with Crippen LogP contribution in [0.25, 0.3) is 0 Å². The van der Waals surface area contributed by atoms with Crippen LogP contribution in [0.15, 0.2) is 24.3 Å². The fourth-order valence-electron chi connectivity index (χ4n) is 1.94. The van der Waals surface area contributed by atoms with E-state index in [0.29, 0.717) is 12.3 Å². The van der Waals surface area contributed by atoms with Gasteiger partial charge >= 0.3 is 0 Å². The van der Waals surface area contributed by atoms with Gasteiger partial charge in [0.2, 0.25) is 5.91 Å². The van der Waals surface area contributed by atoms with Gasteiger partial charge in [0.1, 0.15) is 5.75 Å². The minimum atomic E-state index is 0.0632.